The summed E-state index contributed by atoms with van der Waals surface area (Å²) < 4.78 is 6.47. The molecule has 1 fully saturated rings. The van der Waals surface area contributed by atoms with Crippen molar-refractivity contribution >= 4 is 54.5 Å². The summed E-state index contributed by atoms with van der Waals surface area (Å²) in [5, 5.41) is 4.82. The molecule has 3 aromatic heterocycles. The van der Waals surface area contributed by atoms with Crippen molar-refractivity contribution in [1.82, 2.24) is 14.9 Å². The van der Waals surface area contributed by atoms with Crippen molar-refractivity contribution < 1.29 is 4.74 Å². The lowest BCUT2D eigenvalue weighted by Gasteiger charge is -2.39. The molecule has 2 atom stereocenters. The Kier molecular flexibility index (Phi) is 6.18. The van der Waals surface area contributed by atoms with Crippen LogP contribution in [-0.4, -0.2) is 47.7 Å². The Morgan fingerprint density at radius 3 is 3.06 bits per heavy atom. The molecule has 0 amide bonds. The van der Waals surface area contributed by atoms with Crippen LogP contribution in [0.2, 0.25) is 0 Å². The maximum absolute atomic E-state index is 5.26. The van der Waals surface area contributed by atoms with Crippen LogP contribution in [0.25, 0.3) is 20.4 Å². The number of aromatic nitrogens is 2. The molecule has 1 aliphatic rings. The second-order valence-electron chi connectivity index (χ2n) is 8.26. The predicted octanol–water partition coefficient (Wildman–Crippen LogP) is 6.25. The number of rotatable bonds is 7. The molecule has 0 spiro atoms. The third kappa shape index (κ3) is 4.32. The summed E-state index contributed by atoms with van der Waals surface area (Å²) in [6.45, 7) is 5.52. The average Bonchev–Trinajstić information content (AvgIpc) is 3.42. The molecule has 5 nitrogen and oxygen atoms in total. The highest BCUT2D eigenvalue weighted by molar-refractivity contribution is 7.18. The monoisotopic (exact) mass is 452 g/mol. The number of likely N-dealkylation sites (tertiary alicyclic amines) is 1. The van der Waals surface area contributed by atoms with E-state index in [2.05, 4.69) is 57.4 Å². The Hall–Kier alpha value is -2.06. The highest BCUT2D eigenvalue weighted by Gasteiger charge is 2.30. The Balaban J connectivity index is 1.39. The van der Waals surface area contributed by atoms with Gasteiger partial charge in [0.1, 0.15) is 4.83 Å². The molecule has 7 heteroatoms. The first-order chi connectivity index (χ1) is 15.2. The largest absolute Gasteiger partial charge is 0.385 e. The number of thiophene rings is 1. The van der Waals surface area contributed by atoms with Crippen LogP contribution in [0.3, 0.4) is 0 Å². The average molecular weight is 453 g/mol. The van der Waals surface area contributed by atoms with Crippen molar-refractivity contribution in [2.75, 3.05) is 32.1 Å². The molecule has 31 heavy (non-hydrogen) atoms. The van der Waals surface area contributed by atoms with Crippen molar-refractivity contribution in [3.63, 3.8) is 0 Å². The minimum absolute atomic E-state index is 0.544. The molecule has 5 rings (SSSR count). The standard InChI is InChI=1S/C24H28N4OS2/c1-16-18(5-3-10-28(16)11-4-12-29-2)23-14-19-20(8-9-25-24(19)31-23)27-17-6-7-22-21(13-17)26-15-30-22/h6-9,13-16,18H,3-5,10-12H2,1-2H3,(H,25,27). The van der Waals surface area contributed by atoms with Crippen LogP contribution in [0.15, 0.2) is 42.0 Å². The van der Waals surface area contributed by atoms with Crippen LogP contribution < -0.4 is 5.32 Å². The fourth-order valence-electron chi connectivity index (χ4n) is 4.66. The lowest BCUT2D eigenvalue weighted by Crippen LogP contribution is -2.42. The maximum Gasteiger partial charge on any atom is 0.125 e. The summed E-state index contributed by atoms with van der Waals surface area (Å²) in [5.41, 5.74) is 5.11. The second kappa shape index (κ2) is 9.20. The minimum atomic E-state index is 0.544. The van der Waals surface area contributed by atoms with Gasteiger partial charge in [0.05, 0.1) is 21.4 Å². The Morgan fingerprint density at radius 1 is 1.23 bits per heavy atom. The summed E-state index contributed by atoms with van der Waals surface area (Å²) in [6, 6.07) is 11.4. The lowest BCUT2D eigenvalue weighted by molar-refractivity contribution is 0.117. The van der Waals surface area contributed by atoms with Crippen LogP contribution in [0.4, 0.5) is 11.4 Å². The van der Waals surface area contributed by atoms with Crippen molar-refractivity contribution in [1.29, 1.82) is 0 Å². The highest BCUT2D eigenvalue weighted by atomic mass is 32.1. The van der Waals surface area contributed by atoms with E-state index in [0.717, 1.165) is 41.3 Å². The van der Waals surface area contributed by atoms with Gasteiger partial charge in [-0.3, -0.25) is 4.90 Å². The number of anilines is 2. The van der Waals surface area contributed by atoms with E-state index in [4.69, 9.17) is 4.74 Å². The van der Waals surface area contributed by atoms with Gasteiger partial charge in [0.25, 0.3) is 0 Å². The number of nitrogens with zero attached hydrogens (tertiary/aromatic N) is 3. The van der Waals surface area contributed by atoms with Crippen LogP contribution in [0.1, 0.15) is 37.0 Å². The molecule has 162 valence electrons. The van der Waals surface area contributed by atoms with Gasteiger partial charge in [0.2, 0.25) is 0 Å². The minimum Gasteiger partial charge on any atom is -0.385 e. The molecule has 1 aromatic carbocycles. The molecule has 4 heterocycles. The SMILES string of the molecule is COCCCN1CCCC(c2cc3c(Nc4ccc5scnc5c4)ccnc3s2)C1C. The molecular formula is C24H28N4OS2. The summed E-state index contributed by atoms with van der Waals surface area (Å²) in [7, 11) is 1.78. The number of ether oxygens (including phenoxy) is 1. The van der Waals surface area contributed by atoms with Gasteiger partial charge in [0.15, 0.2) is 0 Å². The van der Waals surface area contributed by atoms with E-state index >= 15 is 0 Å². The Morgan fingerprint density at radius 2 is 2.16 bits per heavy atom. The number of pyridine rings is 1. The smallest absolute Gasteiger partial charge is 0.125 e. The first kappa shape index (κ1) is 20.8. The van der Waals surface area contributed by atoms with Crippen molar-refractivity contribution in [3.05, 3.63) is 46.9 Å². The number of methoxy groups -OCH3 is 1. The number of fused-ring (bicyclic) bond motifs is 2. The quantitative estimate of drug-likeness (QED) is 0.336. The van der Waals surface area contributed by atoms with E-state index in [1.54, 1.807) is 18.4 Å². The number of hydrogen-bond donors (Lipinski definition) is 1. The van der Waals surface area contributed by atoms with Crippen LogP contribution in [0.5, 0.6) is 0 Å². The van der Waals surface area contributed by atoms with Gasteiger partial charge >= 0.3 is 0 Å². The van der Waals surface area contributed by atoms with E-state index in [0.29, 0.717) is 12.0 Å². The second-order valence-corrected chi connectivity index (χ2v) is 10.2. The number of benzene rings is 1. The van der Waals surface area contributed by atoms with Crippen molar-refractivity contribution in [2.45, 2.75) is 38.1 Å². The zero-order valence-corrected chi connectivity index (χ0v) is 19.6. The van der Waals surface area contributed by atoms with E-state index in [1.165, 1.54) is 34.3 Å². The topological polar surface area (TPSA) is 50.3 Å². The van der Waals surface area contributed by atoms with Crippen LogP contribution >= 0.6 is 22.7 Å². The fourth-order valence-corrected chi connectivity index (χ4v) is 6.58. The zero-order valence-electron chi connectivity index (χ0n) is 18.0. The number of nitrogens with one attached hydrogen (secondary N) is 1. The Labute approximate surface area is 191 Å². The molecule has 1 saturated heterocycles. The van der Waals surface area contributed by atoms with Gasteiger partial charge in [-0.15, -0.1) is 22.7 Å². The molecule has 1 aliphatic heterocycles. The normalized spacial score (nSPS) is 19.9. The molecule has 0 bridgehead atoms. The van der Waals surface area contributed by atoms with E-state index in [-0.39, 0.29) is 0 Å². The predicted molar refractivity (Wildman–Crippen MR) is 132 cm³/mol. The maximum atomic E-state index is 5.26. The fraction of sp³-hybridized carbons (Fsp3) is 0.417. The summed E-state index contributed by atoms with van der Waals surface area (Å²) in [6.07, 6.45) is 5.51. The van der Waals surface area contributed by atoms with Crippen LogP contribution in [-0.2, 0) is 4.74 Å². The van der Waals surface area contributed by atoms with Gasteiger partial charge in [-0.25, -0.2) is 9.97 Å². The summed E-state index contributed by atoms with van der Waals surface area (Å²) >= 11 is 3.53. The molecule has 0 aliphatic carbocycles. The Bertz CT molecular complexity index is 1170. The number of piperidine rings is 1. The van der Waals surface area contributed by atoms with Crippen molar-refractivity contribution in [3.8, 4) is 0 Å². The zero-order chi connectivity index (χ0) is 21.2. The van der Waals surface area contributed by atoms with Gasteiger partial charge < -0.3 is 10.1 Å². The lowest BCUT2D eigenvalue weighted by atomic mass is 9.88. The van der Waals surface area contributed by atoms with E-state index < -0.39 is 0 Å². The number of thiazole rings is 1. The van der Waals surface area contributed by atoms with Crippen LogP contribution in [0, 0.1) is 0 Å². The molecule has 4 aromatic rings. The molecule has 2 unspecified atom stereocenters. The number of hydrogen-bond acceptors (Lipinski definition) is 7. The molecule has 1 N–H and O–H groups in total. The first-order valence-corrected chi connectivity index (χ1v) is 12.6. The van der Waals surface area contributed by atoms with Gasteiger partial charge in [-0.2, -0.15) is 0 Å². The molecule has 0 radical (unpaired) electrons. The van der Waals surface area contributed by atoms with Crippen molar-refractivity contribution in [2.24, 2.45) is 0 Å². The highest BCUT2D eigenvalue weighted by Crippen LogP contribution is 2.40. The van der Waals surface area contributed by atoms with E-state index in [1.807, 2.05) is 23.0 Å². The first-order valence-electron chi connectivity index (χ1n) is 10.9. The third-order valence-corrected chi connectivity index (χ3v) is 8.33. The molecular weight excluding hydrogens is 424 g/mol. The van der Waals surface area contributed by atoms with Gasteiger partial charge in [-0.05, 0) is 63.1 Å². The summed E-state index contributed by atoms with van der Waals surface area (Å²) in [4.78, 5) is 14.3. The van der Waals surface area contributed by atoms with Gasteiger partial charge in [0, 0.05) is 54.4 Å². The van der Waals surface area contributed by atoms with Gasteiger partial charge in [-0.1, -0.05) is 0 Å². The van der Waals surface area contributed by atoms with E-state index in [9.17, 15) is 0 Å². The third-order valence-electron chi connectivity index (χ3n) is 6.34. The summed E-state index contributed by atoms with van der Waals surface area (Å²) in [5.74, 6) is 0.565. The molecule has 0 saturated carbocycles.